The van der Waals surface area contributed by atoms with Gasteiger partial charge in [0.2, 0.25) is 0 Å². The molecule has 0 aliphatic heterocycles. The van der Waals surface area contributed by atoms with Crippen LogP contribution in [-0.2, 0) is 6.42 Å². The molecule has 0 aliphatic rings. The third-order valence-electron chi connectivity index (χ3n) is 3.09. The summed E-state index contributed by atoms with van der Waals surface area (Å²) in [6, 6.07) is 6.03. The lowest BCUT2D eigenvalue weighted by Gasteiger charge is -2.15. The zero-order valence-electron chi connectivity index (χ0n) is 11.8. The van der Waals surface area contributed by atoms with Crippen LogP contribution in [0, 0.1) is 5.82 Å². The normalized spacial score (nSPS) is 10.6. The number of carboxylic acids is 1. The number of aliphatic hydroxyl groups excluding tert-OH is 1. The highest BCUT2D eigenvalue weighted by molar-refractivity contribution is 9.11. The van der Waals surface area contributed by atoms with Crippen molar-refractivity contribution in [3.05, 3.63) is 56.0 Å². The van der Waals surface area contributed by atoms with E-state index in [1.807, 2.05) is 0 Å². The first-order valence-corrected chi connectivity index (χ1v) is 8.23. The fourth-order valence-corrected chi connectivity index (χ4v) is 3.46. The molecule has 0 aliphatic carbocycles. The van der Waals surface area contributed by atoms with Crippen LogP contribution in [0.5, 0.6) is 0 Å². The maximum atomic E-state index is 13.0. The first kappa shape index (κ1) is 17.8. The second kappa shape index (κ2) is 7.85. The lowest BCUT2D eigenvalue weighted by molar-refractivity contribution is 0.0691. The molecule has 122 valence electrons. The Morgan fingerprint density at radius 3 is 2.48 bits per heavy atom. The number of carbonyl (C=O) groups is 1. The van der Waals surface area contributed by atoms with Crippen LogP contribution < -0.4 is 5.32 Å². The van der Waals surface area contributed by atoms with E-state index in [0.29, 0.717) is 21.2 Å². The van der Waals surface area contributed by atoms with Crippen molar-refractivity contribution in [1.82, 2.24) is 4.98 Å². The average molecular weight is 448 g/mol. The summed E-state index contributed by atoms with van der Waals surface area (Å²) < 4.78 is 13.9. The van der Waals surface area contributed by atoms with Crippen molar-refractivity contribution in [3.63, 3.8) is 0 Å². The Bertz CT molecular complexity index is 724. The highest BCUT2D eigenvalue weighted by Crippen LogP contribution is 2.35. The minimum Gasteiger partial charge on any atom is -0.476 e. The number of hydrogen-bond acceptors (Lipinski definition) is 4. The molecule has 0 bridgehead atoms. The first-order chi connectivity index (χ1) is 10.9. The van der Waals surface area contributed by atoms with Crippen LogP contribution in [0.2, 0.25) is 0 Å². The van der Waals surface area contributed by atoms with E-state index in [1.54, 1.807) is 12.1 Å². The van der Waals surface area contributed by atoms with Gasteiger partial charge < -0.3 is 15.5 Å². The Labute approximate surface area is 148 Å². The molecule has 3 N–H and O–H groups in total. The summed E-state index contributed by atoms with van der Waals surface area (Å²) in [4.78, 5) is 15.4. The van der Waals surface area contributed by atoms with Gasteiger partial charge in [0.05, 0.1) is 12.3 Å². The zero-order valence-corrected chi connectivity index (χ0v) is 15.0. The summed E-state index contributed by atoms with van der Waals surface area (Å²) >= 11 is 6.69. The Hall–Kier alpha value is -1.51. The van der Waals surface area contributed by atoms with E-state index in [2.05, 4.69) is 42.2 Å². The number of aromatic nitrogens is 1. The average Bonchev–Trinajstić information content (AvgIpc) is 2.51. The number of carboxylic acid groups (broad SMARTS) is 1. The zero-order chi connectivity index (χ0) is 17.0. The van der Waals surface area contributed by atoms with Crippen LogP contribution in [-0.4, -0.2) is 34.3 Å². The predicted octanol–water partition coefficient (Wildman–Crippen LogP) is 3.44. The van der Waals surface area contributed by atoms with Crippen molar-refractivity contribution in [2.75, 3.05) is 18.5 Å². The highest BCUT2D eigenvalue weighted by Gasteiger charge is 2.21. The third-order valence-corrected chi connectivity index (χ3v) is 4.62. The van der Waals surface area contributed by atoms with Crippen LogP contribution in [0.15, 0.2) is 33.3 Å². The van der Waals surface area contributed by atoms with Gasteiger partial charge in [-0.25, -0.2) is 14.2 Å². The van der Waals surface area contributed by atoms with E-state index >= 15 is 0 Å². The van der Waals surface area contributed by atoms with E-state index < -0.39 is 5.97 Å². The van der Waals surface area contributed by atoms with Crippen molar-refractivity contribution < 1.29 is 19.4 Å². The van der Waals surface area contributed by atoms with Gasteiger partial charge in [-0.15, -0.1) is 0 Å². The summed E-state index contributed by atoms with van der Waals surface area (Å²) in [7, 11) is 0. The summed E-state index contributed by atoms with van der Waals surface area (Å²) in [6.07, 6.45) is 0.433. The highest BCUT2D eigenvalue weighted by atomic mass is 79.9. The fourth-order valence-electron chi connectivity index (χ4n) is 2.02. The number of aliphatic hydroxyl groups is 1. The Morgan fingerprint density at radius 2 is 1.91 bits per heavy atom. The maximum Gasteiger partial charge on any atom is 0.356 e. The SMILES string of the molecule is O=C(O)c1nc(Br)c(Cc2ccc(F)cc2)c(Br)c1NCCO. The van der Waals surface area contributed by atoms with Gasteiger partial charge in [-0.1, -0.05) is 12.1 Å². The molecule has 0 radical (unpaired) electrons. The number of benzene rings is 1. The van der Waals surface area contributed by atoms with Crippen LogP contribution >= 0.6 is 31.9 Å². The predicted molar refractivity (Wildman–Crippen MR) is 91.4 cm³/mol. The lowest BCUT2D eigenvalue weighted by Crippen LogP contribution is -2.14. The van der Waals surface area contributed by atoms with Crippen molar-refractivity contribution >= 4 is 43.5 Å². The topological polar surface area (TPSA) is 82.5 Å². The number of aromatic carboxylic acids is 1. The van der Waals surface area contributed by atoms with Gasteiger partial charge in [0.15, 0.2) is 5.69 Å². The Morgan fingerprint density at radius 1 is 1.26 bits per heavy atom. The molecule has 0 atom stereocenters. The van der Waals surface area contributed by atoms with Gasteiger partial charge in [-0.2, -0.15) is 0 Å². The molecule has 0 unspecified atom stereocenters. The standard InChI is InChI=1S/C15H13Br2FN2O3/c16-11-10(7-8-1-3-9(18)4-2-8)14(17)20-13(15(22)23)12(11)19-5-6-21/h1-4,19,21H,5-7H2,(H,22,23). The third kappa shape index (κ3) is 4.27. The molecule has 2 rings (SSSR count). The molecule has 5 nitrogen and oxygen atoms in total. The molecular weight excluding hydrogens is 435 g/mol. The van der Waals surface area contributed by atoms with Gasteiger partial charge in [-0.05, 0) is 49.6 Å². The van der Waals surface area contributed by atoms with Crippen molar-refractivity contribution in [2.24, 2.45) is 0 Å². The Kier molecular flexibility index (Phi) is 6.09. The summed E-state index contributed by atoms with van der Waals surface area (Å²) in [5, 5.41) is 21.1. The molecular formula is C15H13Br2FN2O3. The Balaban J connectivity index is 2.46. The van der Waals surface area contributed by atoms with E-state index in [9.17, 15) is 14.3 Å². The number of anilines is 1. The van der Waals surface area contributed by atoms with Crippen molar-refractivity contribution in [2.45, 2.75) is 6.42 Å². The number of halogens is 3. The van der Waals surface area contributed by atoms with E-state index in [-0.39, 0.29) is 24.7 Å². The summed E-state index contributed by atoms with van der Waals surface area (Å²) in [5.74, 6) is -1.50. The van der Waals surface area contributed by atoms with Crippen LogP contribution in [0.25, 0.3) is 0 Å². The molecule has 0 fully saturated rings. The summed E-state index contributed by atoms with van der Waals surface area (Å²) in [5.41, 5.74) is 1.72. The fraction of sp³-hybridized carbons (Fsp3) is 0.200. The van der Waals surface area contributed by atoms with Crippen molar-refractivity contribution in [1.29, 1.82) is 0 Å². The molecule has 1 aromatic heterocycles. The smallest absolute Gasteiger partial charge is 0.356 e. The second-order valence-electron chi connectivity index (χ2n) is 4.68. The van der Waals surface area contributed by atoms with Crippen LogP contribution in [0.1, 0.15) is 21.6 Å². The second-order valence-corrected chi connectivity index (χ2v) is 6.22. The lowest BCUT2D eigenvalue weighted by atomic mass is 10.1. The number of hydrogen-bond donors (Lipinski definition) is 3. The van der Waals surface area contributed by atoms with Gasteiger partial charge in [0.25, 0.3) is 0 Å². The van der Waals surface area contributed by atoms with Gasteiger partial charge in [-0.3, -0.25) is 0 Å². The molecule has 0 saturated carbocycles. The number of pyridine rings is 1. The first-order valence-electron chi connectivity index (χ1n) is 6.64. The van der Waals surface area contributed by atoms with E-state index in [1.165, 1.54) is 12.1 Å². The van der Waals surface area contributed by atoms with Gasteiger partial charge in [0, 0.05) is 23.0 Å². The number of nitrogens with zero attached hydrogens (tertiary/aromatic N) is 1. The molecule has 0 amide bonds. The maximum absolute atomic E-state index is 13.0. The van der Waals surface area contributed by atoms with Gasteiger partial charge in [0.1, 0.15) is 10.4 Å². The quantitative estimate of drug-likeness (QED) is 0.591. The van der Waals surface area contributed by atoms with Crippen molar-refractivity contribution in [3.8, 4) is 0 Å². The molecule has 0 saturated heterocycles. The monoisotopic (exact) mass is 446 g/mol. The number of nitrogens with one attached hydrogen (secondary N) is 1. The molecule has 23 heavy (non-hydrogen) atoms. The van der Waals surface area contributed by atoms with E-state index in [0.717, 1.165) is 11.1 Å². The minimum atomic E-state index is -1.18. The van der Waals surface area contributed by atoms with Crippen LogP contribution in [0.4, 0.5) is 10.1 Å². The molecule has 8 heteroatoms. The van der Waals surface area contributed by atoms with Crippen LogP contribution in [0.3, 0.4) is 0 Å². The van der Waals surface area contributed by atoms with E-state index in [4.69, 9.17) is 5.11 Å². The largest absolute Gasteiger partial charge is 0.476 e. The molecule has 1 aromatic carbocycles. The molecule has 0 spiro atoms. The molecule has 2 aromatic rings. The minimum absolute atomic E-state index is 0.144. The molecule has 1 heterocycles. The van der Waals surface area contributed by atoms with Gasteiger partial charge >= 0.3 is 5.97 Å². The number of rotatable bonds is 6. The summed E-state index contributed by atoms with van der Waals surface area (Å²) in [6.45, 7) is 0.0486.